The van der Waals surface area contributed by atoms with Crippen molar-refractivity contribution in [1.82, 2.24) is 9.78 Å². The van der Waals surface area contributed by atoms with Crippen molar-refractivity contribution in [3.8, 4) is 11.3 Å². The Kier molecular flexibility index (Phi) is 5.27. The van der Waals surface area contributed by atoms with Crippen LogP contribution in [0.5, 0.6) is 0 Å². The van der Waals surface area contributed by atoms with Crippen LogP contribution in [0.4, 0.5) is 10.1 Å². The number of carbonyl (C=O) groups is 1. The zero-order chi connectivity index (χ0) is 18.7. The van der Waals surface area contributed by atoms with Gasteiger partial charge in [-0.3, -0.25) is 9.59 Å². The Morgan fingerprint density at radius 1 is 1.15 bits per heavy atom. The molecule has 0 saturated carbocycles. The quantitative estimate of drug-likeness (QED) is 0.705. The number of hydrogen-bond donors (Lipinski definition) is 1. The highest BCUT2D eigenvalue weighted by Crippen LogP contribution is 2.20. The minimum absolute atomic E-state index is 0.219. The van der Waals surface area contributed by atoms with Crippen LogP contribution in [0, 0.1) is 12.7 Å². The summed E-state index contributed by atoms with van der Waals surface area (Å²) in [4.78, 5) is 24.2. The molecule has 0 spiro atoms. The molecule has 3 rings (SSSR count). The van der Waals surface area contributed by atoms with Crippen LogP contribution in [-0.4, -0.2) is 15.7 Å². The van der Waals surface area contributed by atoms with Gasteiger partial charge in [0.1, 0.15) is 12.4 Å². The van der Waals surface area contributed by atoms with Crippen LogP contribution >= 0.6 is 15.9 Å². The lowest BCUT2D eigenvalue weighted by Crippen LogP contribution is -2.29. The van der Waals surface area contributed by atoms with Gasteiger partial charge in [0.2, 0.25) is 5.91 Å². The molecular weight excluding hydrogens is 401 g/mol. The number of nitrogens with zero attached hydrogens (tertiary/aromatic N) is 2. The van der Waals surface area contributed by atoms with Gasteiger partial charge < -0.3 is 5.32 Å². The number of aromatic nitrogens is 2. The van der Waals surface area contributed by atoms with E-state index in [1.807, 2.05) is 19.1 Å². The molecule has 0 saturated heterocycles. The van der Waals surface area contributed by atoms with Gasteiger partial charge in [0.15, 0.2) is 0 Å². The van der Waals surface area contributed by atoms with E-state index in [-0.39, 0.29) is 18.3 Å². The zero-order valence-corrected chi connectivity index (χ0v) is 15.5. The molecule has 132 valence electrons. The fourth-order valence-corrected chi connectivity index (χ4v) is 2.64. The van der Waals surface area contributed by atoms with Crippen LogP contribution in [0.3, 0.4) is 0 Å². The minimum atomic E-state index is -0.391. The number of halogens is 2. The number of nitrogens with one attached hydrogen (secondary N) is 1. The molecule has 1 amide bonds. The first-order chi connectivity index (χ1) is 12.4. The van der Waals surface area contributed by atoms with Crippen molar-refractivity contribution >= 4 is 27.5 Å². The molecule has 5 nitrogen and oxygen atoms in total. The number of anilines is 1. The summed E-state index contributed by atoms with van der Waals surface area (Å²) in [7, 11) is 0. The van der Waals surface area contributed by atoms with Crippen LogP contribution in [0.25, 0.3) is 11.3 Å². The molecule has 0 atom stereocenters. The topological polar surface area (TPSA) is 64.0 Å². The highest BCUT2D eigenvalue weighted by molar-refractivity contribution is 9.10. The SMILES string of the molecule is Cc1cc(NC(=O)Cn2nc(-c3ccc(F)cc3)ccc2=O)ccc1Br. The van der Waals surface area contributed by atoms with Crippen LogP contribution in [0.1, 0.15) is 5.56 Å². The normalized spacial score (nSPS) is 10.6. The van der Waals surface area contributed by atoms with Gasteiger partial charge in [-0.1, -0.05) is 15.9 Å². The van der Waals surface area contributed by atoms with Crippen molar-refractivity contribution in [3.05, 3.63) is 80.8 Å². The smallest absolute Gasteiger partial charge is 0.267 e. The molecule has 0 fully saturated rings. The van der Waals surface area contributed by atoms with Crippen molar-refractivity contribution in [2.24, 2.45) is 0 Å². The molecule has 0 unspecified atom stereocenters. The molecule has 7 heteroatoms. The summed E-state index contributed by atoms with van der Waals surface area (Å²) >= 11 is 3.40. The van der Waals surface area contributed by atoms with Crippen molar-refractivity contribution < 1.29 is 9.18 Å². The van der Waals surface area contributed by atoms with Crippen LogP contribution in [0.2, 0.25) is 0 Å². The first kappa shape index (κ1) is 18.0. The highest BCUT2D eigenvalue weighted by Gasteiger charge is 2.09. The maximum absolute atomic E-state index is 13.0. The molecule has 0 aliphatic heterocycles. The zero-order valence-electron chi connectivity index (χ0n) is 13.9. The summed E-state index contributed by atoms with van der Waals surface area (Å²) < 4.78 is 15.1. The minimum Gasteiger partial charge on any atom is -0.324 e. The fourth-order valence-electron chi connectivity index (χ4n) is 2.40. The molecule has 3 aromatic rings. The number of hydrogen-bond acceptors (Lipinski definition) is 3. The summed E-state index contributed by atoms with van der Waals surface area (Å²) in [5.74, 6) is -0.719. The largest absolute Gasteiger partial charge is 0.324 e. The Balaban J connectivity index is 1.79. The number of amides is 1. The van der Waals surface area contributed by atoms with Crippen LogP contribution < -0.4 is 10.9 Å². The summed E-state index contributed by atoms with van der Waals surface area (Å²) in [6.07, 6.45) is 0. The van der Waals surface area contributed by atoms with E-state index in [1.54, 1.807) is 24.3 Å². The lowest BCUT2D eigenvalue weighted by Gasteiger charge is -2.09. The molecular formula is C19H15BrFN3O2. The molecule has 2 aromatic carbocycles. The van der Waals surface area contributed by atoms with Gasteiger partial charge >= 0.3 is 0 Å². The molecule has 26 heavy (non-hydrogen) atoms. The van der Waals surface area contributed by atoms with E-state index in [1.165, 1.54) is 18.2 Å². The summed E-state index contributed by atoms with van der Waals surface area (Å²) in [5.41, 5.74) is 2.37. The summed E-state index contributed by atoms with van der Waals surface area (Å²) in [6, 6.07) is 14.1. The Hall–Kier alpha value is -2.80. The predicted octanol–water partition coefficient (Wildman–Crippen LogP) is 3.76. The summed E-state index contributed by atoms with van der Waals surface area (Å²) in [6.45, 7) is 1.70. The van der Waals surface area contributed by atoms with Crippen LogP contribution in [0.15, 0.2) is 63.9 Å². The number of benzene rings is 2. The molecule has 0 radical (unpaired) electrons. The van der Waals surface area contributed by atoms with Gasteiger partial charge in [0.25, 0.3) is 5.56 Å². The lowest BCUT2D eigenvalue weighted by atomic mass is 10.1. The Morgan fingerprint density at radius 3 is 2.58 bits per heavy atom. The molecule has 1 aromatic heterocycles. The van der Waals surface area contributed by atoms with E-state index in [9.17, 15) is 14.0 Å². The third kappa shape index (κ3) is 4.23. The number of aryl methyl sites for hydroxylation is 1. The Labute approximate surface area is 157 Å². The lowest BCUT2D eigenvalue weighted by molar-refractivity contribution is -0.117. The second-order valence-electron chi connectivity index (χ2n) is 5.73. The second kappa shape index (κ2) is 7.61. The van der Waals surface area contributed by atoms with Gasteiger partial charge in [-0.2, -0.15) is 5.10 Å². The van der Waals surface area contributed by atoms with Gasteiger partial charge in [-0.05, 0) is 61.0 Å². The Bertz CT molecular complexity index is 1020. The monoisotopic (exact) mass is 415 g/mol. The number of carbonyl (C=O) groups excluding carboxylic acids is 1. The van der Waals surface area contributed by atoms with Crippen molar-refractivity contribution in [1.29, 1.82) is 0 Å². The van der Waals surface area contributed by atoms with Gasteiger partial charge in [0.05, 0.1) is 5.69 Å². The van der Waals surface area contributed by atoms with Gasteiger partial charge in [-0.15, -0.1) is 0 Å². The van der Waals surface area contributed by atoms with Gasteiger partial charge in [-0.25, -0.2) is 9.07 Å². The van der Waals surface area contributed by atoms with Crippen LogP contribution in [-0.2, 0) is 11.3 Å². The third-order valence-corrected chi connectivity index (χ3v) is 4.63. The maximum atomic E-state index is 13.0. The fraction of sp³-hybridized carbons (Fsp3) is 0.105. The van der Waals surface area contributed by atoms with E-state index >= 15 is 0 Å². The first-order valence-electron chi connectivity index (χ1n) is 7.82. The number of rotatable bonds is 4. The van der Waals surface area contributed by atoms with Gasteiger partial charge in [0, 0.05) is 21.8 Å². The van der Waals surface area contributed by atoms with E-state index < -0.39 is 5.56 Å². The molecule has 0 aliphatic carbocycles. The van der Waals surface area contributed by atoms with E-state index in [0.29, 0.717) is 16.9 Å². The Morgan fingerprint density at radius 2 is 1.88 bits per heavy atom. The van der Waals surface area contributed by atoms with E-state index in [2.05, 4.69) is 26.3 Å². The predicted molar refractivity (Wildman–Crippen MR) is 101 cm³/mol. The molecule has 1 heterocycles. The van der Waals surface area contributed by atoms with E-state index in [4.69, 9.17) is 0 Å². The van der Waals surface area contributed by atoms with Crippen molar-refractivity contribution in [2.45, 2.75) is 13.5 Å². The summed E-state index contributed by atoms with van der Waals surface area (Å²) in [5, 5.41) is 6.94. The first-order valence-corrected chi connectivity index (χ1v) is 8.62. The van der Waals surface area contributed by atoms with Crippen molar-refractivity contribution in [2.75, 3.05) is 5.32 Å². The molecule has 0 aliphatic rings. The standard InChI is InChI=1S/C19H15BrFN3O2/c1-12-10-15(6-7-16(12)20)22-18(25)11-24-19(26)9-8-17(23-24)13-2-4-14(21)5-3-13/h2-10H,11H2,1H3,(H,22,25). The third-order valence-electron chi connectivity index (χ3n) is 3.74. The van der Waals surface area contributed by atoms with E-state index in [0.717, 1.165) is 14.7 Å². The average Bonchev–Trinajstić information content (AvgIpc) is 2.61. The highest BCUT2D eigenvalue weighted by atomic mass is 79.9. The second-order valence-corrected chi connectivity index (χ2v) is 6.59. The average molecular weight is 416 g/mol. The molecule has 0 bridgehead atoms. The molecule has 1 N–H and O–H groups in total. The maximum Gasteiger partial charge on any atom is 0.267 e. The van der Waals surface area contributed by atoms with Crippen molar-refractivity contribution in [3.63, 3.8) is 0 Å².